The van der Waals surface area contributed by atoms with Crippen molar-refractivity contribution in [2.45, 2.75) is 51.5 Å². The van der Waals surface area contributed by atoms with Crippen LogP contribution in [0.5, 0.6) is 5.75 Å². The van der Waals surface area contributed by atoms with Gasteiger partial charge in [-0.1, -0.05) is 19.8 Å². The van der Waals surface area contributed by atoms with Crippen molar-refractivity contribution >= 4 is 5.69 Å². The highest BCUT2D eigenvalue weighted by Crippen LogP contribution is 2.30. The Balaban J connectivity index is 1.85. The standard InChI is InChI=1S/C15H22FNO/c1-2-3-11-4-6-12(7-5-11)17-13-8-9-15(18)14(16)10-13/h8-12,17-18H,2-7H2,1H3. The summed E-state index contributed by atoms with van der Waals surface area (Å²) in [6.07, 6.45) is 7.46. The van der Waals surface area contributed by atoms with Crippen LogP contribution in [0.3, 0.4) is 0 Å². The van der Waals surface area contributed by atoms with E-state index in [1.165, 1.54) is 37.8 Å². The molecule has 1 aliphatic carbocycles. The predicted molar refractivity (Wildman–Crippen MR) is 72.3 cm³/mol. The fraction of sp³-hybridized carbons (Fsp3) is 0.600. The van der Waals surface area contributed by atoms with Crippen LogP contribution in [0.25, 0.3) is 0 Å². The number of nitrogens with one attached hydrogen (secondary N) is 1. The molecule has 1 saturated carbocycles. The van der Waals surface area contributed by atoms with Gasteiger partial charge in [0, 0.05) is 17.8 Å². The SMILES string of the molecule is CCCC1CCC(Nc2ccc(O)c(F)c2)CC1. The highest BCUT2D eigenvalue weighted by molar-refractivity contribution is 5.47. The molecule has 1 aromatic rings. The smallest absolute Gasteiger partial charge is 0.166 e. The molecule has 0 spiro atoms. The molecule has 18 heavy (non-hydrogen) atoms. The van der Waals surface area contributed by atoms with Crippen molar-refractivity contribution < 1.29 is 9.50 Å². The van der Waals surface area contributed by atoms with Gasteiger partial charge in [0.15, 0.2) is 11.6 Å². The number of halogens is 1. The second kappa shape index (κ2) is 6.07. The van der Waals surface area contributed by atoms with E-state index in [9.17, 15) is 4.39 Å². The summed E-state index contributed by atoms with van der Waals surface area (Å²) >= 11 is 0. The summed E-state index contributed by atoms with van der Waals surface area (Å²) < 4.78 is 13.2. The van der Waals surface area contributed by atoms with Gasteiger partial charge in [-0.15, -0.1) is 0 Å². The number of phenolic OH excluding ortho intramolecular Hbond substituents is 1. The van der Waals surface area contributed by atoms with E-state index in [1.54, 1.807) is 6.07 Å². The van der Waals surface area contributed by atoms with Crippen molar-refractivity contribution in [3.05, 3.63) is 24.0 Å². The number of phenols is 1. The van der Waals surface area contributed by atoms with E-state index in [2.05, 4.69) is 12.2 Å². The Bertz CT molecular complexity index is 386. The highest BCUT2D eigenvalue weighted by Gasteiger charge is 2.20. The molecule has 1 aromatic carbocycles. The molecule has 1 fully saturated rings. The average molecular weight is 251 g/mol. The molecule has 1 aliphatic rings. The number of rotatable bonds is 4. The Morgan fingerprint density at radius 2 is 2.00 bits per heavy atom. The fourth-order valence-electron chi connectivity index (χ4n) is 2.84. The van der Waals surface area contributed by atoms with Gasteiger partial charge in [-0.3, -0.25) is 0 Å². The van der Waals surface area contributed by atoms with Crippen molar-refractivity contribution in [2.24, 2.45) is 5.92 Å². The summed E-state index contributed by atoms with van der Waals surface area (Å²) in [5.74, 6) is 0.0384. The van der Waals surface area contributed by atoms with Gasteiger partial charge in [0.25, 0.3) is 0 Å². The number of hydrogen-bond donors (Lipinski definition) is 2. The van der Waals surface area contributed by atoms with E-state index < -0.39 is 5.82 Å². The van der Waals surface area contributed by atoms with Crippen molar-refractivity contribution in [2.75, 3.05) is 5.32 Å². The summed E-state index contributed by atoms with van der Waals surface area (Å²) in [5.41, 5.74) is 0.768. The Hall–Kier alpha value is -1.25. The summed E-state index contributed by atoms with van der Waals surface area (Å²) in [4.78, 5) is 0. The van der Waals surface area contributed by atoms with Gasteiger partial charge in [-0.25, -0.2) is 4.39 Å². The molecule has 2 rings (SSSR count). The van der Waals surface area contributed by atoms with Crippen molar-refractivity contribution in [1.82, 2.24) is 0 Å². The zero-order chi connectivity index (χ0) is 13.0. The van der Waals surface area contributed by atoms with Crippen molar-refractivity contribution in [1.29, 1.82) is 0 Å². The van der Waals surface area contributed by atoms with E-state index in [0.717, 1.165) is 24.4 Å². The third-order valence-corrected chi connectivity index (χ3v) is 3.86. The Labute approximate surface area is 108 Å². The molecule has 2 N–H and O–H groups in total. The minimum atomic E-state index is -0.556. The third kappa shape index (κ3) is 3.37. The molecule has 0 aromatic heterocycles. The van der Waals surface area contributed by atoms with Crippen LogP contribution < -0.4 is 5.32 Å². The summed E-state index contributed by atoms with van der Waals surface area (Å²) in [7, 11) is 0. The molecule has 0 aliphatic heterocycles. The molecule has 0 radical (unpaired) electrons. The Kier molecular flexibility index (Phi) is 4.45. The van der Waals surface area contributed by atoms with Crippen LogP contribution in [-0.4, -0.2) is 11.1 Å². The Morgan fingerprint density at radius 1 is 1.28 bits per heavy atom. The maximum Gasteiger partial charge on any atom is 0.166 e. The Morgan fingerprint density at radius 3 is 2.61 bits per heavy atom. The maximum atomic E-state index is 13.2. The van der Waals surface area contributed by atoms with E-state index in [1.807, 2.05) is 0 Å². The van der Waals surface area contributed by atoms with Gasteiger partial charge in [-0.2, -0.15) is 0 Å². The number of aromatic hydroxyl groups is 1. The number of anilines is 1. The lowest BCUT2D eigenvalue weighted by Gasteiger charge is -2.29. The van der Waals surface area contributed by atoms with Crippen LogP contribution in [0.1, 0.15) is 45.4 Å². The zero-order valence-electron chi connectivity index (χ0n) is 11.0. The molecule has 0 bridgehead atoms. The molecule has 100 valence electrons. The van der Waals surface area contributed by atoms with E-state index in [-0.39, 0.29) is 5.75 Å². The lowest BCUT2D eigenvalue weighted by molar-refractivity contribution is 0.319. The molecule has 2 nitrogen and oxygen atoms in total. The lowest BCUT2D eigenvalue weighted by atomic mass is 9.83. The minimum absolute atomic E-state index is 0.285. The van der Waals surface area contributed by atoms with Gasteiger partial charge in [-0.05, 0) is 43.7 Å². The fourth-order valence-corrected chi connectivity index (χ4v) is 2.84. The average Bonchev–Trinajstić information content (AvgIpc) is 2.37. The van der Waals surface area contributed by atoms with Crippen LogP contribution in [0.2, 0.25) is 0 Å². The first-order valence-corrected chi connectivity index (χ1v) is 6.94. The largest absolute Gasteiger partial charge is 0.505 e. The summed E-state index contributed by atoms with van der Waals surface area (Å²) in [5, 5.41) is 12.5. The van der Waals surface area contributed by atoms with Crippen LogP contribution in [0.4, 0.5) is 10.1 Å². The summed E-state index contributed by atoms with van der Waals surface area (Å²) in [6.45, 7) is 2.24. The van der Waals surface area contributed by atoms with Crippen molar-refractivity contribution in [3.8, 4) is 5.75 Å². The number of benzene rings is 1. The molecular weight excluding hydrogens is 229 g/mol. The first-order chi connectivity index (χ1) is 8.69. The maximum absolute atomic E-state index is 13.2. The molecule has 0 unspecified atom stereocenters. The van der Waals surface area contributed by atoms with E-state index in [0.29, 0.717) is 6.04 Å². The number of hydrogen-bond acceptors (Lipinski definition) is 2. The van der Waals surface area contributed by atoms with Gasteiger partial charge < -0.3 is 10.4 Å². The second-order valence-corrected chi connectivity index (χ2v) is 5.32. The zero-order valence-corrected chi connectivity index (χ0v) is 11.0. The molecular formula is C15H22FNO. The predicted octanol–water partition coefficient (Wildman–Crippen LogP) is 4.30. The van der Waals surface area contributed by atoms with Gasteiger partial charge in [0.05, 0.1) is 0 Å². The van der Waals surface area contributed by atoms with Crippen LogP contribution in [0.15, 0.2) is 18.2 Å². The third-order valence-electron chi connectivity index (χ3n) is 3.86. The monoisotopic (exact) mass is 251 g/mol. The van der Waals surface area contributed by atoms with Gasteiger partial charge >= 0.3 is 0 Å². The molecule has 3 heteroatoms. The molecule has 0 heterocycles. The first-order valence-electron chi connectivity index (χ1n) is 6.94. The summed E-state index contributed by atoms with van der Waals surface area (Å²) in [6, 6.07) is 4.95. The van der Waals surface area contributed by atoms with Crippen LogP contribution >= 0.6 is 0 Å². The first kappa shape index (κ1) is 13.2. The lowest BCUT2D eigenvalue weighted by Crippen LogP contribution is -2.26. The molecule has 0 saturated heterocycles. The van der Waals surface area contributed by atoms with Crippen LogP contribution in [-0.2, 0) is 0 Å². The minimum Gasteiger partial charge on any atom is -0.505 e. The topological polar surface area (TPSA) is 32.3 Å². The second-order valence-electron chi connectivity index (χ2n) is 5.32. The van der Waals surface area contributed by atoms with E-state index >= 15 is 0 Å². The van der Waals surface area contributed by atoms with E-state index in [4.69, 9.17) is 5.11 Å². The van der Waals surface area contributed by atoms with Gasteiger partial charge in [0.1, 0.15) is 0 Å². The van der Waals surface area contributed by atoms with Gasteiger partial charge in [0.2, 0.25) is 0 Å². The molecule has 0 amide bonds. The molecule has 0 atom stereocenters. The normalized spacial score (nSPS) is 23.9. The highest BCUT2D eigenvalue weighted by atomic mass is 19.1. The quantitative estimate of drug-likeness (QED) is 0.782. The van der Waals surface area contributed by atoms with Crippen LogP contribution in [0, 0.1) is 11.7 Å². The van der Waals surface area contributed by atoms with Crippen molar-refractivity contribution in [3.63, 3.8) is 0 Å².